The van der Waals surface area contributed by atoms with Gasteiger partial charge < -0.3 is 9.13 Å². The van der Waals surface area contributed by atoms with Crippen molar-refractivity contribution >= 4 is 71.1 Å². The summed E-state index contributed by atoms with van der Waals surface area (Å²) in [6.07, 6.45) is 5.76. The third kappa shape index (κ3) is 2.90. The highest BCUT2D eigenvalue weighted by Crippen LogP contribution is 2.45. The number of fused-ring (bicyclic) bond motifs is 14. The second-order valence-corrected chi connectivity index (χ2v) is 11.1. The van der Waals surface area contributed by atoms with Gasteiger partial charge in [0.05, 0.1) is 27.6 Å². The van der Waals surface area contributed by atoms with Crippen LogP contribution in [-0.4, -0.2) is 23.5 Å². The largest absolute Gasteiger partial charge is 0.309 e. The van der Waals surface area contributed by atoms with Crippen molar-refractivity contribution in [1.82, 2.24) is 23.5 Å². The van der Waals surface area contributed by atoms with Gasteiger partial charge in [-0.2, -0.15) is 0 Å². The molecule has 43 heavy (non-hydrogen) atoms. The lowest BCUT2D eigenvalue weighted by atomic mass is 10.0. The lowest BCUT2D eigenvalue weighted by Gasteiger charge is -2.13. The number of pyridine rings is 2. The molecule has 0 spiro atoms. The molecule has 0 saturated carbocycles. The summed E-state index contributed by atoms with van der Waals surface area (Å²) in [6.45, 7) is 0. The minimum absolute atomic E-state index is 0.873. The number of imidazole rings is 1. The Hall–Kier alpha value is -5.94. The summed E-state index contributed by atoms with van der Waals surface area (Å²) in [5, 5.41) is 7.20. The predicted molar refractivity (Wildman–Crippen MR) is 177 cm³/mol. The molecule has 0 amide bonds. The van der Waals surface area contributed by atoms with E-state index < -0.39 is 0 Å². The molecule has 0 radical (unpaired) electrons. The zero-order valence-electron chi connectivity index (χ0n) is 23.0. The van der Waals surface area contributed by atoms with Crippen LogP contribution in [0.2, 0.25) is 0 Å². The molecule has 5 aromatic carbocycles. The molecule has 5 aromatic heterocycles. The monoisotopic (exact) mass is 549 g/mol. The molecule has 0 N–H and O–H groups in total. The van der Waals surface area contributed by atoms with Gasteiger partial charge in [-0.25, -0.2) is 4.98 Å². The molecule has 0 bridgehead atoms. The summed E-state index contributed by atoms with van der Waals surface area (Å²) in [7, 11) is 0. The van der Waals surface area contributed by atoms with Gasteiger partial charge >= 0.3 is 0 Å². The number of benzene rings is 5. The molecular formula is C38H23N5. The topological polar surface area (TPSA) is 40.1 Å². The van der Waals surface area contributed by atoms with Gasteiger partial charge in [0.15, 0.2) is 5.65 Å². The van der Waals surface area contributed by atoms with Crippen LogP contribution in [0.4, 0.5) is 0 Å². The van der Waals surface area contributed by atoms with Crippen LogP contribution in [0, 0.1) is 0 Å². The molecule has 5 heteroatoms. The highest BCUT2D eigenvalue weighted by molar-refractivity contribution is 6.31. The molecule has 0 aliphatic carbocycles. The zero-order chi connectivity index (χ0) is 28.1. The van der Waals surface area contributed by atoms with Crippen molar-refractivity contribution < 1.29 is 0 Å². The number of hydrogen-bond donors (Lipinski definition) is 0. The fraction of sp³-hybridized carbons (Fsp3) is 0. The fourth-order valence-electron chi connectivity index (χ4n) is 7.25. The minimum Gasteiger partial charge on any atom is -0.309 e. The first kappa shape index (κ1) is 22.7. The van der Waals surface area contributed by atoms with Gasteiger partial charge in [0.2, 0.25) is 0 Å². The van der Waals surface area contributed by atoms with Crippen LogP contribution in [0.1, 0.15) is 0 Å². The van der Waals surface area contributed by atoms with Gasteiger partial charge in [0, 0.05) is 62.3 Å². The van der Waals surface area contributed by atoms with Crippen molar-refractivity contribution in [1.29, 1.82) is 0 Å². The average Bonchev–Trinajstić information content (AvgIpc) is 3.78. The molecule has 0 unspecified atom stereocenters. The van der Waals surface area contributed by atoms with Crippen LogP contribution in [0.5, 0.6) is 0 Å². The van der Waals surface area contributed by atoms with Gasteiger partial charge in [0.25, 0.3) is 0 Å². The van der Waals surface area contributed by atoms with Crippen molar-refractivity contribution in [3.63, 3.8) is 0 Å². The van der Waals surface area contributed by atoms with Crippen LogP contribution in [-0.2, 0) is 0 Å². The van der Waals surface area contributed by atoms with Crippen molar-refractivity contribution in [3.05, 3.63) is 140 Å². The van der Waals surface area contributed by atoms with E-state index in [1.807, 2.05) is 24.7 Å². The third-order valence-electron chi connectivity index (χ3n) is 8.92. The lowest BCUT2D eigenvalue weighted by molar-refractivity contribution is 1.17. The number of nitrogens with zero attached hydrogens (tertiary/aromatic N) is 5. The van der Waals surface area contributed by atoms with Gasteiger partial charge in [-0.15, -0.1) is 0 Å². The Morgan fingerprint density at radius 1 is 0.419 bits per heavy atom. The number of rotatable bonds is 2. The van der Waals surface area contributed by atoms with Crippen molar-refractivity contribution in [2.24, 2.45) is 0 Å². The van der Waals surface area contributed by atoms with E-state index >= 15 is 0 Å². The highest BCUT2D eigenvalue weighted by Gasteiger charge is 2.23. The molecule has 0 aliphatic heterocycles. The van der Waals surface area contributed by atoms with Crippen LogP contribution in [0.15, 0.2) is 140 Å². The number of para-hydroxylation sites is 3. The van der Waals surface area contributed by atoms with E-state index in [1.54, 1.807) is 0 Å². The SMILES string of the molecule is c1ccc(-n2c3ccccc3c3c2ccc2c4ccc5c(c6cccnc6c6nccn56)c4n(-c4ccccc4)c23)cc1. The standard InChI is InChI=1S/C38H23N5/c1-3-10-24(11-4-1)42-30-16-8-7-14-28(30)33-32(42)20-18-27-26-17-19-31-34(37(26)43(36(27)33)25-12-5-2-6-13-25)29-15-9-21-39-35(29)38-40-22-23-41(31)38/h1-23H. The molecule has 200 valence electrons. The molecule has 0 saturated heterocycles. The highest BCUT2D eigenvalue weighted by atomic mass is 15.0. The summed E-state index contributed by atoms with van der Waals surface area (Å²) in [6, 6.07) is 43.5. The van der Waals surface area contributed by atoms with E-state index in [-0.39, 0.29) is 0 Å². The van der Waals surface area contributed by atoms with Gasteiger partial charge in [-0.1, -0.05) is 72.8 Å². The maximum atomic E-state index is 4.83. The predicted octanol–water partition coefficient (Wildman–Crippen LogP) is 9.23. The third-order valence-corrected chi connectivity index (χ3v) is 8.92. The minimum atomic E-state index is 0.873. The molecular weight excluding hydrogens is 526 g/mol. The first-order chi connectivity index (χ1) is 21.4. The van der Waals surface area contributed by atoms with Crippen molar-refractivity contribution in [2.75, 3.05) is 0 Å². The van der Waals surface area contributed by atoms with Gasteiger partial charge in [-0.3, -0.25) is 9.38 Å². The maximum Gasteiger partial charge on any atom is 0.163 e. The number of aromatic nitrogens is 5. The van der Waals surface area contributed by atoms with E-state index in [0.29, 0.717) is 0 Å². The van der Waals surface area contributed by atoms with Crippen LogP contribution < -0.4 is 0 Å². The molecule has 10 rings (SSSR count). The first-order valence-corrected chi connectivity index (χ1v) is 14.5. The fourth-order valence-corrected chi connectivity index (χ4v) is 7.25. The molecule has 0 aliphatic rings. The lowest BCUT2D eigenvalue weighted by Crippen LogP contribution is -1.98. The second-order valence-electron chi connectivity index (χ2n) is 11.1. The molecule has 0 fully saturated rings. The smallest absolute Gasteiger partial charge is 0.163 e. The maximum absolute atomic E-state index is 4.83. The van der Waals surface area contributed by atoms with E-state index in [0.717, 1.165) is 33.4 Å². The Labute approximate surface area is 245 Å². The van der Waals surface area contributed by atoms with E-state index in [1.165, 1.54) is 49.0 Å². The van der Waals surface area contributed by atoms with Gasteiger partial charge in [0.1, 0.15) is 5.52 Å². The Bertz CT molecular complexity index is 2710. The van der Waals surface area contributed by atoms with Crippen molar-refractivity contribution in [2.45, 2.75) is 0 Å². The van der Waals surface area contributed by atoms with Crippen LogP contribution >= 0.6 is 0 Å². The second kappa shape index (κ2) is 8.30. The first-order valence-electron chi connectivity index (χ1n) is 14.5. The van der Waals surface area contributed by atoms with E-state index in [9.17, 15) is 0 Å². The average molecular weight is 550 g/mol. The normalized spacial score (nSPS) is 12.2. The quantitative estimate of drug-likeness (QED) is 0.202. The Kier molecular flexibility index (Phi) is 4.39. The summed E-state index contributed by atoms with van der Waals surface area (Å²) in [5.41, 5.74) is 9.94. The summed E-state index contributed by atoms with van der Waals surface area (Å²) < 4.78 is 7.05. The summed E-state index contributed by atoms with van der Waals surface area (Å²) >= 11 is 0. The van der Waals surface area contributed by atoms with Crippen LogP contribution in [0.3, 0.4) is 0 Å². The summed E-state index contributed by atoms with van der Waals surface area (Å²) in [5.74, 6) is 0. The molecule has 0 atom stereocenters. The molecule has 5 heterocycles. The molecule has 5 nitrogen and oxygen atoms in total. The Morgan fingerprint density at radius 3 is 1.81 bits per heavy atom. The Morgan fingerprint density at radius 2 is 1.05 bits per heavy atom. The number of hydrogen-bond acceptors (Lipinski definition) is 2. The Balaban J connectivity index is 1.53. The molecule has 10 aromatic rings. The van der Waals surface area contributed by atoms with E-state index in [4.69, 9.17) is 9.97 Å². The summed E-state index contributed by atoms with van der Waals surface area (Å²) in [4.78, 5) is 9.52. The zero-order valence-corrected chi connectivity index (χ0v) is 23.0. The van der Waals surface area contributed by atoms with Gasteiger partial charge in [-0.05, 0) is 48.5 Å². The van der Waals surface area contributed by atoms with Crippen molar-refractivity contribution in [3.8, 4) is 11.4 Å². The van der Waals surface area contributed by atoms with E-state index in [2.05, 4.69) is 129 Å². The van der Waals surface area contributed by atoms with Crippen LogP contribution in [0.25, 0.3) is 82.4 Å².